The molecule has 4 atom stereocenters. The lowest BCUT2D eigenvalue weighted by molar-refractivity contribution is -0.146. The van der Waals surface area contributed by atoms with Crippen molar-refractivity contribution in [2.24, 2.45) is 5.92 Å². The van der Waals surface area contributed by atoms with Crippen molar-refractivity contribution in [3.05, 3.63) is 0 Å². The zero-order chi connectivity index (χ0) is 14.8. The minimum atomic E-state index is -0.569. The van der Waals surface area contributed by atoms with Crippen LogP contribution in [-0.2, 0) is 4.79 Å². The molecule has 3 aliphatic rings. The van der Waals surface area contributed by atoms with E-state index >= 15 is 0 Å². The van der Waals surface area contributed by atoms with Gasteiger partial charge in [0.25, 0.3) is 0 Å². The summed E-state index contributed by atoms with van der Waals surface area (Å²) in [7, 11) is 0. The Morgan fingerprint density at radius 3 is 2.57 bits per heavy atom. The van der Waals surface area contributed by atoms with Gasteiger partial charge in [0.1, 0.15) is 0 Å². The molecule has 0 radical (unpaired) electrons. The van der Waals surface area contributed by atoms with Crippen LogP contribution in [-0.4, -0.2) is 58.6 Å². The summed E-state index contributed by atoms with van der Waals surface area (Å²) in [4.78, 5) is 16.9. The van der Waals surface area contributed by atoms with Crippen LogP contribution >= 0.6 is 0 Å². The number of carboxylic acid groups (broad SMARTS) is 1. The SMILES string of the molecule is CC1CN2CCCCC2CN1C1CCCCCC1C(=O)O. The van der Waals surface area contributed by atoms with Crippen molar-refractivity contribution in [1.82, 2.24) is 9.80 Å². The smallest absolute Gasteiger partial charge is 0.308 e. The van der Waals surface area contributed by atoms with Crippen molar-refractivity contribution in [3.8, 4) is 0 Å². The molecule has 120 valence electrons. The Balaban J connectivity index is 1.74. The molecule has 1 aliphatic carbocycles. The van der Waals surface area contributed by atoms with Gasteiger partial charge < -0.3 is 5.11 Å². The number of aliphatic carboxylic acids is 1. The summed E-state index contributed by atoms with van der Waals surface area (Å²) in [5.41, 5.74) is 0. The highest BCUT2D eigenvalue weighted by Crippen LogP contribution is 2.33. The van der Waals surface area contributed by atoms with Crippen LogP contribution in [0.15, 0.2) is 0 Å². The van der Waals surface area contributed by atoms with E-state index in [0.29, 0.717) is 12.1 Å². The number of fused-ring (bicyclic) bond motifs is 1. The van der Waals surface area contributed by atoms with Crippen LogP contribution in [0, 0.1) is 5.92 Å². The summed E-state index contributed by atoms with van der Waals surface area (Å²) in [5.74, 6) is -0.717. The molecule has 1 saturated carbocycles. The lowest BCUT2D eigenvalue weighted by Gasteiger charge is -2.51. The summed E-state index contributed by atoms with van der Waals surface area (Å²) >= 11 is 0. The van der Waals surface area contributed by atoms with E-state index in [-0.39, 0.29) is 12.0 Å². The van der Waals surface area contributed by atoms with Gasteiger partial charge in [0.15, 0.2) is 0 Å². The number of hydrogen-bond donors (Lipinski definition) is 1. The quantitative estimate of drug-likeness (QED) is 0.795. The van der Waals surface area contributed by atoms with Gasteiger partial charge in [-0.05, 0) is 39.2 Å². The molecular formula is C17H30N2O2. The summed E-state index contributed by atoms with van der Waals surface area (Å²) in [6, 6.07) is 1.45. The minimum absolute atomic E-state index is 0.148. The molecule has 4 nitrogen and oxygen atoms in total. The van der Waals surface area contributed by atoms with E-state index in [4.69, 9.17) is 0 Å². The Kier molecular flexibility index (Phi) is 4.85. The Labute approximate surface area is 128 Å². The van der Waals surface area contributed by atoms with Crippen LogP contribution in [0.1, 0.15) is 58.3 Å². The van der Waals surface area contributed by atoms with E-state index in [1.807, 2.05) is 0 Å². The monoisotopic (exact) mass is 294 g/mol. The van der Waals surface area contributed by atoms with Crippen LogP contribution < -0.4 is 0 Å². The average Bonchev–Trinajstić information content (AvgIpc) is 2.72. The van der Waals surface area contributed by atoms with E-state index in [0.717, 1.165) is 32.4 Å². The van der Waals surface area contributed by atoms with E-state index in [2.05, 4.69) is 16.7 Å². The second kappa shape index (κ2) is 6.66. The molecular weight excluding hydrogens is 264 g/mol. The number of hydrogen-bond acceptors (Lipinski definition) is 3. The maximum atomic E-state index is 11.7. The zero-order valence-electron chi connectivity index (χ0n) is 13.3. The molecule has 0 aromatic carbocycles. The first-order valence-electron chi connectivity index (χ1n) is 8.89. The number of piperidine rings is 1. The van der Waals surface area contributed by atoms with Crippen LogP contribution in [0.2, 0.25) is 0 Å². The second-order valence-corrected chi connectivity index (χ2v) is 7.34. The molecule has 3 fully saturated rings. The molecule has 0 aromatic heterocycles. The predicted octanol–water partition coefficient (Wildman–Crippen LogP) is 2.58. The number of carboxylic acids is 1. The molecule has 21 heavy (non-hydrogen) atoms. The van der Waals surface area contributed by atoms with Gasteiger partial charge >= 0.3 is 5.97 Å². The Hall–Kier alpha value is -0.610. The molecule has 3 rings (SSSR count). The third kappa shape index (κ3) is 3.26. The first-order chi connectivity index (χ1) is 10.2. The van der Waals surface area contributed by atoms with Gasteiger partial charge in [0.05, 0.1) is 5.92 Å². The highest BCUT2D eigenvalue weighted by Gasteiger charge is 2.40. The first-order valence-corrected chi connectivity index (χ1v) is 8.89. The Morgan fingerprint density at radius 1 is 1.00 bits per heavy atom. The Bertz CT molecular complexity index is 374. The van der Waals surface area contributed by atoms with E-state index in [9.17, 15) is 9.90 Å². The standard InChI is InChI=1S/C17H30N2O2/c1-13-11-18-10-6-5-7-14(18)12-19(13)16-9-4-2-3-8-15(16)17(20)21/h13-16H,2-12H2,1H3,(H,20,21). The fraction of sp³-hybridized carbons (Fsp3) is 0.941. The van der Waals surface area contributed by atoms with E-state index in [1.54, 1.807) is 0 Å². The largest absolute Gasteiger partial charge is 0.481 e. The Morgan fingerprint density at radius 2 is 1.76 bits per heavy atom. The van der Waals surface area contributed by atoms with Gasteiger partial charge in [-0.1, -0.05) is 25.7 Å². The summed E-state index contributed by atoms with van der Waals surface area (Å²) < 4.78 is 0. The van der Waals surface area contributed by atoms with Gasteiger partial charge in [0, 0.05) is 31.2 Å². The third-order valence-corrected chi connectivity index (χ3v) is 5.96. The van der Waals surface area contributed by atoms with Crippen LogP contribution in [0.3, 0.4) is 0 Å². The van der Waals surface area contributed by atoms with Gasteiger partial charge in [-0.25, -0.2) is 0 Å². The number of piperazine rings is 1. The predicted molar refractivity (Wildman–Crippen MR) is 83.4 cm³/mol. The van der Waals surface area contributed by atoms with Crippen LogP contribution in [0.5, 0.6) is 0 Å². The van der Waals surface area contributed by atoms with Crippen molar-refractivity contribution < 1.29 is 9.90 Å². The van der Waals surface area contributed by atoms with Crippen molar-refractivity contribution in [2.45, 2.75) is 76.4 Å². The number of carbonyl (C=O) groups is 1. The van der Waals surface area contributed by atoms with E-state index < -0.39 is 5.97 Å². The normalized spacial score (nSPS) is 39.5. The molecule has 0 spiro atoms. The second-order valence-electron chi connectivity index (χ2n) is 7.34. The summed E-state index contributed by atoms with van der Waals surface area (Å²) in [5, 5.41) is 9.65. The zero-order valence-corrected chi connectivity index (χ0v) is 13.3. The van der Waals surface area contributed by atoms with Gasteiger partial charge in [0.2, 0.25) is 0 Å². The molecule has 2 aliphatic heterocycles. The maximum absolute atomic E-state index is 11.7. The maximum Gasteiger partial charge on any atom is 0.308 e. The fourth-order valence-corrected chi connectivity index (χ4v) is 4.81. The third-order valence-electron chi connectivity index (χ3n) is 5.96. The van der Waals surface area contributed by atoms with E-state index in [1.165, 1.54) is 38.6 Å². The number of nitrogens with zero attached hydrogens (tertiary/aromatic N) is 2. The lowest BCUT2D eigenvalue weighted by Crippen LogP contribution is -2.62. The van der Waals surface area contributed by atoms with Gasteiger partial charge in [-0.15, -0.1) is 0 Å². The highest BCUT2D eigenvalue weighted by atomic mass is 16.4. The minimum Gasteiger partial charge on any atom is -0.481 e. The van der Waals surface area contributed by atoms with Crippen molar-refractivity contribution >= 4 is 5.97 Å². The molecule has 0 amide bonds. The first kappa shape index (κ1) is 15.3. The summed E-state index contributed by atoms with van der Waals surface area (Å²) in [6.07, 6.45) is 9.43. The topological polar surface area (TPSA) is 43.8 Å². The van der Waals surface area contributed by atoms with Crippen LogP contribution in [0.25, 0.3) is 0 Å². The molecule has 1 N–H and O–H groups in total. The average molecular weight is 294 g/mol. The van der Waals surface area contributed by atoms with Gasteiger partial charge in [-0.2, -0.15) is 0 Å². The van der Waals surface area contributed by atoms with Crippen molar-refractivity contribution in [3.63, 3.8) is 0 Å². The number of rotatable bonds is 2. The molecule has 4 heteroatoms. The molecule has 0 bridgehead atoms. The fourth-order valence-electron chi connectivity index (χ4n) is 4.81. The lowest BCUT2D eigenvalue weighted by atomic mass is 9.89. The van der Waals surface area contributed by atoms with Crippen molar-refractivity contribution in [1.29, 1.82) is 0 Å². The van der Waals surface area contributed by atoms with Crippen LogP contribution in [0.4, 0.5) is 0 Å². The molecule has 2 saturated heterocycles. The van der Waals surface area contributed by atoms with Crippen molar-refractivity contribution in [2.75, 3.05) is 19.6 Å². The molecule has 2 heterocycles. The molecule has 4 unspecified atom stereocenters. The van der Waals surface area contributed by atoms with Gasteiger partial charge in [-0.3, -0.25) is 14.6 Å². The molecule has 0 aromatic rings. The highest BCUT2D eigenvalue weighted by molar-refractivity contribution is 5.71. The summed E-state index contributed by atoms with van der Waals surface area (Å²) in [6.45, 7) is 5.77.